The highest BCUT2D eigenvalue weighted by Crippen LogP contribution is 2.13. The number of thiazole rings is 1. The van der Waals surface area contributed by atoms with Crippen molar-refractivity contribution in [1.29, 1.82) is 0 Å². The summed E-state index contributed by atoms with van der Waals surface area (Å²) < 4.78 is 0. The molecule has 2 aromatic heterocycles. The van der Waals surface area contributed by atoms with Crippen LogP contribution in [0.2, 0.25) is 0 Å². The molecule has 0 aliphatic rings. The first-order valence-electron chi connectivity index (χ1n) is 8.30. The molecule has 6 heteroatoms. The lowest BCUT2D eigenvalue weighted by molar-refractivity contribution is 0.840. The van der Waals surface area contributed by atoms with Crippen LogP contribution < -0.4 is 5.56 Å². The van der Waals surface area contributed by atoms with E-state index in [1.54, 1.807) is 11.3 Å². The maximum atomic E-state index is 12.4. The van der Waals surface area contributed by atoms with Gasteiger partial charge in [0.2, 0.25) is 0 Å². The van der Waals surface area contributed by atoms with Crippen LogP contribution in [0.1, 0.15) is 28.3 Å². The van der Waals surface area contributed by atoms with Crippen molar-refractivity contribution in [3.63, 3.8) is 0 Å². The zero-order chi connectivity index (χ0) is 17.5. The van der Waals surface area contributed by atoms with Crippen molar-refractivity contribution in [2.75, 3.05) is 5.75 Å². The Labute approximate surface area is 155 Å². The van der Waals surface area contributed by atoms with Crippen LogP contribution in [0.3, 0.4) is 0 Å². The van der Waals surface area contributed by atoms with E-state index in [9.17, 15) is 4.79 Å². The molecule has 0 saturated heterocycles. The second-order valence-electron chi connectivity index (χ2n) is 5.84. The van der Waals surface area contributed by atoms with Gasteiger partial charge in [-0.15, -0.1) is 11.3 Å². The zero-order valence-corrected chi connectivity index (χ0v) is 15.8. The first kappa shape index (κ1) is 17.9. The highest BCUT2D eigenvalue weighted by atomic mass is 32.2. The number of nitrogens with zero attached hydrogens (tertiary/aromatic N) is 2. The van der Waals surface area contributed by atoms with Crippen LogP contribution in [0.25, 0.3) is 0 Å². The smallest absolute Gasteiger partial charge is 0.254 e. The number of hydrogen-bond acceptors (Lipinski definition) is 5. The van der Waals surface area contributed by atoms with Crippen LogP contribution in [0.5, 0.6) is 0 Å². The van der Waals surface area contributed by atoms with Crippen LogP contribution in [0.15, 0.2) is 46.0 Å². The molecule has 0 amide bonds. The minimum atomic E-state index is 0.00272. The number of rotatable bonds is 8. The molecular formula is C19H21N3OS2. The molecule has 1 N–H and O–H groups in total. The van der Waals surface area contributed by atoms with Crippen molar-refractivity contribution < 1.29 is 0 Å². The number of aromatic amines is 1. The molecule has 2 heterocycles. The molecule has 0 radical (unpaired) electrons. The number of H-pyrrole nitrogens is 1. The molecule has 3 aromatic rings. The molecule has 1 aromatic carbocycles. The van der Waals surface area contributed by atoms with E-state index >= 15 is 0 Å². The number of aryl methyl sites for hydroxylation is 3. The topological polar surface area (TPSA) is 58.6 Å². The summed E-state index contributed by atoms with van der Waals surface area (Å²) in [6.07, 6.45) is 2.34. The van der Waals surface area contributed by atoms with E-state index in [0.717, 1.165) is 53.5 Å². The summed E-state index contributed by atoms with van der Waals surface area (Å²) in [7, 11) is 0. The zero-order valence-electron chi connectivity index (χ0n) is 14.2. The molecule has 0 bridgehead atoms. The van der Waals surface area contributed by atoms with Crippen LogP contribution in [0, 0.1) is 6.92 Å². The van der Waals surface area contributed by atoms with E-state index in [0.29, 0.717) is 0 Å². The van der Waals surface area contributed by atoms with Gasteiger partial charge in [-0.25, -0.2) is 9.97 Å². The number of aromatic nitrogens is 3. The molecule has 0 saturated carbocycles. The Morgan fingerprint density at radius 3 is 2.72 bits per heavy atom. The normalized spacial score (nSPS) is 10.9. The van der Waals surface area contributed by atoms with E-state index in [2.05, 4.69) is 32.5 Å². The third kappa shape index (κ3) is 5.28. The fraction of sp³-hybridized carbons (Fsp3) is 0.316. The Morgan fingerprint density at radius 2 is 2.00 bits per heavy atom. The van der Waals surface area contributed by atoms with E-state index in [1.807, 2.05) is 42.4 Å². The molecule has 3 rings (SSSR count). The number of benzene rings is 1. The van der Waals surface area contributed by atoms with Gasteiger partial charge in [0.15, 0.2) is 0 Å². The van der Waals surface area contributed by atoms with Crippen LogP contribution in [0.4, 0.5) is 0 Å². The van der Waals surface area contributed by atoms with Gasteiger partial charge in [-0.1, -0.05) is 30.3 Å². The number of thioether (sulfide) groups is 1. The Balaban J connectivity index is 1.55. The summed E-state index contributed by atoms with van der Waals surface area (Å²) in [5.74, 6) is 2.60. The van der Waals surface area contributed by atoms with Gasteiger partial charge < -0.3 is 4.98 Å². The lowest BCUT2D eigenvalue weighted by Crippen LogP contribution is -2.20. The van der Waals surface area contributed by atoms with Gasteiger partial charge in [0, 0.05) is 34.6 Å². The quantitative estimate of drug-likeness (QED) is 0.612. The highest BCUT2D eigenvalue weighted by Gasteiger charge is 2.08. The molecule has 130 valence electrons. The van der Waals surface area contributed by atoms with Gasteiger partial charge in [-0.3, -0.25) is 4.79 Å². The Morgan fingerprint density at radius 1 is 1.16 bits per heavy atom. The van der Waals surface area contributed by atoms with E-state index in [1.165, 1.54) is 5.56 Å². The van der Waals surface area contributed by atoms with Crippen LogP contribution in [-0.2, 0) is 25.0 Å². The Hall–Kier alpha value is -1.92. The van der Waals surface area contributed by atoms with Gasteiger partial charge in [-0.2, -0.15) is 11.8 Å². The van der Waals surface area contributed by atoms with Gasteiger partial charge in [0.25, 0.3) is 5.56 Å². The van der Waals surface area contributed by atoms with Crippen molar-refractivity contribution >= 4 is 23.1 Å². The lowest BCUT2D eigenvalue weighted by atomic mass is 10.0. The van der Waals surface area contributed by atoms with Crippen molar-refractivity contribution in [3.8, 4) is 0 Å². The summed E-state index contributed by atoms with van der Waals surface area (Å²) in [6, 6.07) is 10.2. The Bertz CT molecular complexity index is 845. The fourth-order valence-corrected chi connectivity index (χ4v) is 4.16. The highest BCUT2D eigenvalue weighted by molar-refractivity contribution is 7.98. The average molecular weight is 372 g/mol. The molecule has 0 unspecified atom stereocenters. The molecule has 0 fully saturated rings. The minimum Gasteiger partial charge on any atom is -0.310 e. The largest absolute Gasteiger partial charge is 0.310 e. The van der Waals surface area contributed by atoms with Gasteiger partial charge in [0.1, 0.15) is 5.82 Å². The van der Waals surface area contributed by atoms with Gasteiger partial charge in [0.05, 0.1) is 11.2 Å². The lowest BCUT2D eigenvalue weighted by Gasteiger charge is -2.07. The maximum absolute atomic E-state index is 12.4. The monoisotopic (exact) mass is 371 g/mol. The summed E-state index contributed by atoms with van der Waals surface area (Å²) in [5.41, 5.74) is 5.85. The van der Waals surface area contributed by atoms with E-state index < -0.39 is 0 Å². The fourth-order valence-electron chi connectivity index (χ4n) is 2.65. The summed E-state index contributed by atoms with van der Waals surface area (Å²) in [5, 5.41) is 2.07. The van der Waals surface area contributed by atoms with Crippen LogP contribution in [-0.4, -0.2) is 20.7 Å². The first-order chi connectivity index (χ1) is 12.2. The standard InChI is InChI=1S/C19H21N3OS2/c1-14-17(8-7-15-5-3-2-4-6-15)19(23)22-18(21-14)9-10-24-11-16-12-25-13-20-16/h2-6,12-13H,7-11H2,1H3,(H,21,22,23). The molecular weight excluding hydrogens is 350 g/mol. The predicted molar refractivity (Wildman–Crippen MR) is 105 cm³/mol. The molecule has 25 heavy (non-hydrogen) atoms. The molecule has 0 spiro atoms. The van der Waals surface area contributed by atoms with E-state index in [-0.39, 0.29) is 5.56 Å². The SMILES string of the molecule is Cc1nc(CCSCc2cscn2)[nH]c(=O)c1CCc1ccccc1. The summed E-state index contributed by atoms with van der Waals surface area (Å²) >= 11 is 3.43. The van der Waals surface area contributed by atoms with Crippen molar-refractivity contribution in [2.24, 2.45) is 0 Å². The maximum Gasteiger partial charge on any atom is 0.254 e. The van der Waals surface area contributed by atoms with Crippen molar-refractivity contribution in [1.82, 2.24) is 15.0 Å². The second-order valence-corrected chi connectivity index (χ2v) is 7.67. The van der Waals surface area contributed by atoms with Crippen molar-refractivity contribution in [3.05, 3.63) is 79.9 Å². The molecule has 0 aliphatic heterocycles. The third-order valence-electron chi connectivity index (χ3n) is 3.99. The number of hydrogen-bond donors (Lipinski definition) is 1. The molecule has 0 atom stereocenters. The number of nitrogens with one attached hydrogen (secondary N) is 1. The molecule has 0 aliphatic carbocycles. The predicted octanol–water partition coefficient (Wildman–Crippen LogP) is 3.80. The average Bonchev–Trinajstić information content (AvgIpc) is 3.12. The van der Waals surface area contributed by atoms with Crippen LogP contribution >= 0.6 is 23.1 Å². The van der Waals surface area contributed by atoms with E-state index in [4.69, 9.17) is 0 Å². The Kier molecular flexibility index (Phi) is 6.42. The second kappa shape index (κ2) is 8.97. The molecule has 4 nitrogen and oxygen atoms in total. The van der Waals surface area contributed by atoms with Gasteiger partial charge in [-0.05, 0) is 25.3 Å². The summed E-state index contributed by atoms with van der Waals surface area (Å²) in [4.78, 5) is 24.2. The van der Waals surface area contributed by atoms with Gasteiger partial charge >= 0.3 is 0 Å². The first-order valence-corrected chi connectivity index (χ1v) is 10.4. The summed E-state index contributed by atoms with van der Waals surface area (Å²) in [6.45, 7) is 1.93. The third-order valence-corrected chi connectivity index (χ3v) is 5.62. The minimum absolute atomic E-state index is 0.00272. The van der Waals surface area contributed by atoms with Crippen molar-refractivity contribution in [2.45, 2.75) is 31.9 Å².